The van der Waals surface area contributed by atoms with Crippen LogP contribution in [-0.2, 0) is 10.2 Å². The summed E-state index contributed by atoms with van der Waals surface area (Å²) in [5.41, 5.74) is 3.62. The fraction of sp³-hybridized carbons (Fsp3) is 0.0455. The van der Waals surface area contributed by atoms with Crippen LogP contribution in [0.15, 0.2) is 96.6 Å². The van der Waals surface area contributed by atoms with Gasteiger partial charge in [0.15, 0.2) is 0 Å². The molecule has 0 saturated heterocycles. The van der Waals surface area contributed by atoms with Gasteiger partial charge < -0.3 is 5.11 Å². The topological polar surface area (TPSA) is 37.3 Å². The first-order valence-corrected chi connectivity index (χ1v) is 7.91. The van der Waals surface area contributed by atoms with Gasteiger partial charge in [-0.1, -0.05) is 91.0 Å². The minimum atomic E-state index is -0.860. The smallest absolute Gasteiger partial charge is 0.333 e. The Hall–Kier alpha value is -3.13. The minimum Gasteiger partial charge on any atom is -0.478 e. The lowest BCUT2D eigenvalue weighted by molar-refractivity contribution is -0.132. The summed E-state index contributed by atoms with van der Waals surface area (Å²) < 4.78 is 0. The van der Waals surface area contributed by atoms with E-state index in [4.69, 9.17) is 0 Å². The highest BCUT2D eigenvalue weighted by molar-refractivity contribution is 6.17. The van der Waals surface area contributed by atoms with E-state index < -0.39 is 11.4 Å². The molecule has 3 aromatic carbocycles. The van der Waals surface area contributed by atoms with Crippen molar-refractivity contribution in [2.75, 3.05) is 0 Å². The van der Waals surface area contributed by atoms with Crippen LogP contribution in [0.3, 0.4) is 0 Å². The van der Waals surface area contributed by atoms with Gasteiger partial charge in [0, 0.05) is 0 Å². The number of hydrogen-bond donors (Lipinski definition) is 1. The molecule has 0 heterocycles. The average molecular weight is 312 g/mol. The number of carboxylic acids is 1. The molecular formula is C22H16O2. The Kier molecular flexibility index (Phi) is 3.31. The molecule has 0 spiro atoms. The molecular weight excluding hydrogens is 296 g/mol. The van der Waals surface area contributed by atoms with E-state index in [1.54, 1.807) is 0 Å². The third kappa shape index (κ3) is 2.00. The fourth-order valence-electron chi connectivity index (χ4n) is 3.63. The molecule has 24 heavy (non-hydrogen) atoms. The number of carboxylic acid groups (broad SMARTS) is 1. The van der Waals surface area contributed by atoms with Crippen LogP contribution >= 0.6 is 0 Å². The van der Waals surface area contributed by atoms with Crippen molar-refractivity contribution in [1.82, 2.24) is 0 Å². The normalized spacial score (nSPS) is 15.2. The summed E-state index contributed by atoms with van der Waals surface area (Å²) in [5, 5.41) is 9.89. The Morgan fingerprint density at radius 3 is 1.50 bits per heavy atom. The monoisotopic (exact) mass is 312 g/mol. The molecule has 4 rings (SSSR count). The molecule has 0 aromatic heterocycles. The molecule has 0 bridgehead atoms. The van der Waals surface area contributed by atoms with Crippen LogP contribution in [0.5, 0.6) is 0 Å². The Morgan fingerprint density at radius 1 is 0.667 bits per heavy atom. The van der Waals surface area contributed by atoms with Gasteiger partial charge in [-0.25, -0.2) is 4.79 Å². The molecule has 1 aliphatic rings. The zero-order valence-corrected chi connectivity index (χ0v) is 13.0. The fourth-order valence-corrected chi connectivity index (χ4v) is 3.63. The highest BCUT2D eigenvalue weighted by Crippen LogP contribution is 2.63. The molecule has 2 heteroatoms. The first-order chi connectivity index (χ1) is 11.8. The lowest BCUT2D eigenvalue weighted by Gasteiger charge is -2.21. The minimum absolute atomic E-state index is 0.464. The van der Waals surface area contributed by atoms with Crippen molar-refractivity contribution in [3.05, 3.63) is 113 Å². The second-order valence-electron chi connectivity index (χ2n) is 5.90. The Balaban J connectivity index is 1.98. The van der Waals surface area contributed by atoms with E-state index in [0.29, 0.717) is 5.57 Å². The standard InChI is InChI=1S/C22H16O2/c23-21(24)20-19(16-10-4-1-5-11-16)22(20,17-12-6-2-7-13-17)18-14-8-3-9-15-18/h1-15H,(H,23,24). The molecule has 0 aliphatic heterocycles. The van der Waals surface area contributed by atoms with Gasteiger partial charge in [-0.2, -0.15) is 0 Å². The predicted octanol–water partition coefficient (Wildman–Crippen LogP) is 4.52. The van der Waals surface area contributed by atoms with Gasteiger partial charge in [-0.05, 0) is 22.3 Å². The summed E-state index contributed by atoms with van der Waals surface area (Å²) in [7, 11) is 0. The molecule has 0 amide bonds. The van der Waals surface area contributed by atoms with E-state index in [1.807, 2.05) is 91.0 Å². The van der Waals surface area contributed by atoms with Crippen LogP contribution in [0.25, 0.3) is 5.57 Å². The van der Waals surface area contributed by atoms with Crippen molar-refractivity contribution in [2.45, 2.75) is 5.41 Å². The van der Waals surface area contributed by atoms with Crippen molar-refractivity contribution in [3.8, 4) is 0 Å². The Labute approximate surface area is 140 Å². The summed E-state index contributed by atoms with van der Waals surface area (Å²) in [4.78, 5) is 12.0. The molecule has 2 nitrogen and oxygen atoms in total. The molecule has 3 aromatic rings. The summed E-state index contributed by atoms with van der Waals surface area (Å²) in [6, 6.07) is 29.6. The first-order valence-electron chi connectivity index (χ1n) is 7.91. The summed E-state index contributed by atoms with van der Waals surface area (Å²) >= 11 is 0. The van der Waals surface area contributed by atoms with Crippen LogP contribution in [0.1, 0.15) is 16.7 Å². The number of hydrogen-bond acceptors (Lipinski definition) is 1. The van der Waals surface area contributed by atoms with Crippen molar-refractivity contribution >= 4 is 11.5 Å². The maximum Gasteiger partial charge on any atom is 0.333 e. The van der Waals surface area contributed by atoms with E-state index in [1.165, 1.54) is 0 Å². The predicted molar refractivity (Wildman–Crippen MR) is 94.7 cm³/mol. The van der Waals surface area contributed by atoms with Gasteiger partial charge in [0.2, 0.25) is 0 Å². The van der Waals surface area contributed by atoms with Crippen LogP contribution in [0.4, 0.5) is 0 Å². The van der Waals surface area contributed by atoms with Gasteiger partial charge in [-0.15, -0.1) is 0 Å². The number of carbonyl (C=O) groups is 1. The van der Waals surface area contributed by atoms with Gasteiger partial charge in [0.1, 0.15) is 0 Å². The zero-order valence-electron chi connectivity index (χ0n) is 13.0. The lowest BCUT2D eigenvalue weighted by Crippen LogP contribution is -2.18. The van der Waals surface area contributed by atoms with E-state index in [9.17, 15) is 9.90 Å². The molecule has 116 valence electrons. The molecule has 0 saturated carbocycles. The van der Waals surface area contributed by atoms with E-state index in [-0.39, 0.29) is 0 Å². The van der Waals surface area contributed by atoms with Crippen molar-refractivity contribution in [2.24, 2.45) is 0 Å². The molecule has 0 unspecified atom stereocenters. The van der Waals surface area contributed by atoms with Crippen molar-refractivity contribution < 1.29 is 9.90 Å². The first kappa shape index (κ1) is 14.5. The van der Waals surface area contributed by atoms with Crippen molar-refractivity contribution in [3.63, 3.8) is 0 Å². The summed E-state index contributed by atoms with van der Waals surface area (Å²) in [5.74, 6) is -0.860. The van der Waals surface area contributed by atoms with Crippen molar-refractivity contribution in [1.29, 1.82) is 0 Å². The van der Waals surface area contributed by atoms with Gasteiger partial charge in [0.05, 0.1) is 11.0 Å². The number of aliphatic carboxylic acids is 1. The quantitative estimate of drug-likeness (QED) is 0.769. The van der Waals surface area contributed by atoms with Crippen LogP contribution in [-0.4, -0.2) is 11.1 Å². The average Bonchev–Trinajstić information content (AvgIpc) is 3.36. The Morgan fingerprint density at radius 2 is 1.08 bits per heavy atom. The maximum absolute atomic E-state index is 12.0. The molecule has 1 aliphatic carbocycles. The summed E-state index contributed by atoms with van der Waals surface area (Å²) in [6.07, 6.45) is 0. The van der Waals surface area contributed by atoms with Gasteiger partial charge in [-0.3, -0.25) is 0 Å². The van der Waals surface area contributed by atoms with E-state index in [0.717, 1.165) is 22.3 Å². The maximum atomic E-state index is 12.0. The second-order valence-corrected chi connectivity index (χ2v) is 5.90. The van der Waals surface area contributed by atoms with Crippen LogP contribution in [0, 0.1) is 0 Å². The van der Waals surface area contributed by atoms with Crippen LogP contribution in [0.2, 0.25) is 0 Å². The lowest BCUT2D eigenvalue weighted by atomic mass is 9.80. The van der Waals surface area contributed by atoms with E-state index >= 15 is 0 Å². The molecule has 1 N–H and O–H groups in total. The SMILES string of the molecule is O=C(O)C1=C(c2ccccc2)C1(c1ccccc1)c1ccccc1. The highest BCUT2D eigenvalue weighted by atomic mass is 16.4. The van der Waals surface area contributed by atoms with Gasteiger partial charge >= 0.3 is 5.97 Å². The zero-order chi connectivity index (χ0) is 16.6. The van der Waals surface area contributed by atoms with Crippen LogP contribution < -0.4 is 0 Å². The number of benzene rings is 3. The summed E-state index contributed by atoms with van der Waals surface area (Å²) in [6.45, 7) is 0. The molecule has 0 fully saturated rings. The Bertz CT molecular complexity index is 870. The number of allylic oxidation sites excluding steroid dienone is 1. The van der Waals surface area contributed by atoms with E-state index in [2.05, 4.69) is 0 Å². The molecule has 0 atom stereocenters. The third-order valence-corrected chi connectivity index (χ3v) is 4.63. The highest BCUT2D eigenvalue weighted by Gasteiger charge is 2.59. The number of rotatable bonds is 4. The largest absolute Gasteiger partial charge is 0.478 e. The van der Waals surface area contributed by atoms with Gasteiger partial charge in [0.25, 0.3) is 0 Å². The molecule has 0 radical (unpaired) electrons. The second kappa shape index (κ2) is 5.50. The third-order valence-electron chi connectivity index (χ3n) is 4.63.